The summed E-state index contributed by atoms with van der Waals surface area (Å²) in [5.74, 6) is -0.0680. The van der Waals surface area contributed by atoms with E-state index in [1.165, 1.54) is 0 Å². The summed E-state index contributed by atoms with van der Waals surface area (Å²) in [4.78, 5) is 13.3. The molecule has 1 rings (SSSR count). The van der Waals surface area contributed by atoms with Crippen molar-refractivity contribution in [3.05, 3.63) is 0 Å². The van der Waals surface area contributed by atoms with Crippen LogP contribution >= 0.6 is 0 Å². The molecule has 76 valence electrons. The second-order valence-electron chi connectivity index (χ2n) is 4.43. The predicted molar refractivity (Wildman–Crippen MR) is 50.1 cm³/mol. The molecule has 1 aliphatic rings. The van der Waals surface area contributed by atoms with Gasteiger partial charge < -0.3 is 15.7 Å². The zero-order valence-corrected chi connectivity index (χ0v) is 8.50. The van der Waals surface area contributed by atoms with Crippen LogP contribution in [0.5, 0.6) is 0 Å². The summed E-state index contributed by atoms with van der Waals surface area (Å²) in [5.41, 5.74) is 4.30. The van der Waals surface area contributed by atoms with Gasteiger partial charge in [-0.1, -0.05) is 6.92 Å². The molecule has 1 amide bonds. The van der Waals surface area contributed by atoms with Gasteiger partial charge in [-0.15, -0.1) is 0 Å². The molecular weight excluding hydrogens is 168 g/mol. The quantitative estimate of drug-likeness (QED) is 0.622. The van der Waals surface area contributed by atoms with Crippen LogP contribution in [0.1, 0.15) is 27.2 Å². The minimum absolute atomic E-state index is 0.0680. The van der Waals surface area contributed by atoms with E-state index in [4.69, 9.17) is 5.73 Å². The predicted octanol–water partition coefficient (Wildman–Crippen LogP) is -0.293. The van der Waals surface area contributed by atoms with Crippen molar-refractivity contribution >= 4 is 5.91 Å². The molecule has 0 saturated carbocycles. The number of carbonyl (C=O) groups is 1. The highest BCUT2D eigenvalue weighted by molar-refractivity contribution is 5.86. The van der Waals surface area contributed by atoms with Gasteiger partial charge in [-0.2, -0.15) is 0 Å². The molecule has 0 spiro atoms. The third-order valence-electron chi connectivity index (χ3n) is 2.57. The molecular formula is C9H18N2O2. The SMILES string of the molecule is CCC(C)(N)C(=O)N1CC(C)(O)C1. The molecule has 1 fully saturated rings. The number of amides is 1. The summed E-state index contributed by atoms with van der Waals surface area (Å²) >= 11 is 0. The number of aliphatic hydroxyl groups is 1. The number of hydrogen-bond donors (Lipinski definition) is 2. The molecule has 0 bridgehead atoms. The lowest BCUT2D eigenvalue weighted by atomic mass is 9.91. The van der Waals surface area contributed by atoms with Crippen molar-refractivity contribution in [2.45, 2.75) is 38.3 Å². The van der Waals surface area contributed by atoms with Gasteiger partial charge >= 0.3 is 0 Å². The second-order valence-corrected chi connectivity index (χ2v) is 4.43. The van der Waals surface area contributed by atoms with Gasteiger partial charge in [-0.25, -0.2) is 0 Å². The highest BCUT2D eigenvalue weighted by Gasteiger charge is 2.43. The van der Waals surface area contributed by atoms with E-state index in [1.54, 1.807) is 18.7 Å². The van der Waals surface area contributed by atoms with Crippen LogP contribution in [0.3, 0.4) is 0 Å². The van der Waals surface area contributed by atoms with E-state index in [0.717, 1.165) is 0 Å². The highest BCUT2D eigenvalue weighted by atomic mass is 16.3. The molecule has 1 aliphatic heterocycles. The van der Waals surface area contributed by atoms with Gasteiger partial charge in [-0.05, 0) is 20.3 Å². The van der Waals surface area contributed by atoms with Crippen molar-refractivity contribution in [2.24, 2.45) is 5.73 Å². The summed E-state index contributed by atoms with van der Waals surface area (Å²) in [6, 6.07) is 0. The Bertz CT molecular complexity index is 216. The van der Waals surface area contributed by atoms with Crippen LogP contribution in [0.2, 0.25) is 0 Å². The van der Waals surface area contributed by atoms with E-state index in [0.29, 0.717) is 19.5 Å². The van der Waals surface area contributed by atoms with Crippen molar-refractivity contribution in [3.8, 4) is 0 Å². The average molecular weight is 186 g/mol. The molecule has 13 heavy (non-hydrogen) atoms. The second kappa shape index (κ2) is 2.96. The van der Waals surface area contributed by atoms with Crippen LogP contribution in [-0.2, 0) is 4.79 Å². The molecule has 3 N–H and O–H groups in total. The lowest BCUT2D eigenvalue weighted by Gasteiger charge is -2.46. The molecule has 0 aromatic carbocycles. The fourth-order valence-electron chi connectivity index (χ4n) is 1.43. The third-order valence-corrected chi connectivity index (χ3v) is 2.57. The first kappa shape index (κ1) is 10.5. The first-order chi connectivity index (χ1) is 5.78. The van der Waals surface area contributed by atoms with Crippen molar-refractivity contribution in [3.63, 3.8) is 0 Å². The lowest BCUT2D eigenvalue weighted by Crippen LogP contribution is -2.67. The maximum atomic E-state index is 11.7. The molecule has 4 nitrogen and oxygen atoms in total. The number of nitrogens with zero attached hydrogens (tertiary/aromatic N) is 1. The van der Waals surface area contributed by atoms with Gasteiger partial charge in [-0.3, -0.25) is 4.79 Å². The lowest BCUT2D eigenvalue weighted by molar-refractivity contribution is -0.157. The molecule has 0 aromatic rings. The van der Waals surface area contributed by atoms with Gasteiger partial charge in [0, 0.05) is 0 Å². The van der Waals surface area contributed by atoms with E-state index in [-0.39, 0.29) is 5.91 Å². The first-order valence-corrected chi connectivity index (χ1v) is 4.59. The van der Waals surface area contributed by atoms with E-state index in [1.807, 2.05) is 6.92 Å². The zero-order chi connectivity index (χ0) is 10.3. The minimum atomic E-state index is -0.781. The molecule has 1 saturated heterocycles. The van der Waals surface area contributed by atoms with Crippen molar-refractivity contribution < 1.29 is 9.90 Å². The molecule has 0 radical (unpaired) electrons. The Balaban J connectivity index is 2.53. The Kier molecular flexibility index (Phi) is 2.38. The standard InChI is InChI=1S/C9H18N2O2/c1-4-9(3,10)7(12)11-5-8(2,13)6-11/h13H,4-6,10H2,1-3H3. The Morgan fingerprint density at radius 3 is 2.46 bits per heavy atom. The fourth-order valence-corrected chi connectivity index (χ4v) is 1.43. The Morgan fingerprint density at radius 2 is 2.15 bits per heavy atom. The third kappa shape index (κ3) is 2.00. The monoisotopic (exact) mass is 186 g/mol. The van der Waals surface area contributed by atoms with Crippen LogP contribution < -0.4 is 5.73 Å². The van der Waals surface area contributed by atoms with E-state index < -0.39 is 11.1 Å². The van der Waals surface area contributed by atoms with Gasteiger partial charge in [0.25, 0.3) is 0 Å². The van der Waals surface area contributed by atoms with Gasteiger partial charge in [0.1, 0.15) is 0 Å². The van der Waals surface area contributed by atoms with Crippen LogP contribution in [0.4, 0.5) is 0 Å². The molecule has 1 unspecified atom stereocenters. The first-order valence-electron chi connectivity index (χ1n) is 4.59. The largest absolute Gasteiger partial charge is 0.386 e. The van der Waals surface area contributed by atoms with E-state index >= 15 is 0 Å². The van der Waals surface area contributed by atoms with Gasteiger partial charge in [0.15, 0.2) is 0 Å². The number of rotatable bonds is 2. The zero-order valence-electron chi connectivity index (χ0n) is 8.50. The maximum absolute atomic E-state index is 11.7. The van der Waals surface area contributed by atoms with E-state index in [9.17, 15) is 9.90 Å². The molecule has 0 aromatic heterocycles. The van der Waals surface area contributed by atoms with Crippen LogP contribution in [-0.4, -0.2) is 40.1 Å². The Morgan fingerprint density at radius 1 is 1.69 bits per heavy atom. The average Bonchev–Trinajstić information content (AvgIpc) is 1.98. The Hall–Kier alpha value is -0.610. The summed E-state index contributed by atoms with van der Waals surface area (Å²) in [5, 5.41) is 9.44. The number of carbonyl (C=O) groups excluding carboxylic acids is 1. The van der Waals surface area contributed by atoms with Crippen LogP contribution in [0, 0.1) is 0 Å². The summed E-state index contributed by atoms with van der Waals surface area (Å²) in [6.07, 6.45) is 0.616. The molecule has 1 heterocycles. The molecule has 1 atom stereocenters. The van der Waals surface area contributed by atoms with Crippen molar-refractivity contribution in [2.75, 3.05) is 13.1 Å². The van der Waals surface area contributed by atoms with Crippen LogP contribution in [0.15, 0.2) is 0 Å². The van der Waals surface area contributed by atoms with Gasteiger partial charge in [0.2, 0.25) is 5.91 Å². The summed E-state index contributed by atoms with van der Waals surface area (Å²) in [7, 11) is 0. The summed E-state index contributed by atoms with van der Waals surface area (Å²) < 4.78 is 0. The number of likely N-dealkylation sites (tertiary alicyclic amines) is 1. The number of nitrogens with two attached hydrogens (primary N) is 1. The number of hydrogen-bond acceptors (Lipinski definition) is 3. The maximum Gasteiger partial charge on any atom is 0.242 e. The van der Waals surface area contributed by atoms with Crippen molar-refractivity contribution in [1.29, 1.82) is 0 Å². The summed E-state index contributed by atoms with van der Waals surface area (Å²) in [6.45, 7) is 6.13. The fraction of sp³-hybridized carbons (Fsp3) is 0.889. The highest BCUT2D eigenvalue weighted by Crippen LogP contribution is 2.23. The van der Waals surface area contributed by atoms with Crippen LogP contribution in [0.25, 0.3) is 0 Å². The minimum Gasteiger partial charge on any atom is -0.386 e. The van der Waals surface area contributed by atoms with E-state index in [2.05, 4.69) is 0 Å². The normalized spacial score (nSPS) is 24.8. The Labute approximate surface area is 78.7 Å². The van der Waals surface area contributed by atoms with Crippen molar-refractivity contribution in [1.82, 2.24) is 4.90 Å². The van der Waals surface area contributed by atoms with Gasteiger partial charge in [0.05, 0.1) is 24.2 Å². The smallest absolute Gasteiger partial charge is 0.242 e. The number of β-amino-alcohol motifs (C(OH)–C–C–N with tert-alkyl or cyclic N) is 1. The topological polar surface area (TPSA) is 66.6 Å². The molecule has 0 aliphatic carbocycles. The molecule has 4 heteroatoms.